The summed E-state index contributed by atoms with van der Waals surface area (Å²) in [4.78, 5) is 8.93. The molecule has 0 unspecified atom stereocenters. The zero-order valence-electron chi connectivity index (χ0n) is 11.8. The molecule has 1 aliphatic heterocycles. The van der Waals surface area contributed by atoms with Crippen molar-refractivity contribution in [1.82, 2.24) is 9.88 Å². The second-order valence-electron chi connectivity index (χ2n) is 5.49. The van der Waals surface area contributed by atoms with E-state index in [0.717, 1.165) is 44.0 Å². The molecule has 3 N–H and O–H groups in total. The maximum absolute atomic E-state index is 7.64. The Bertz CT molecular complexity index is 435. The fourth-order valence-corrected chi connectivity index (χ4v) is 2.55. The first kappa shape index (κ1) is 13.8. The molecular weight excluding hydrogens is 238 g/mol. The van der Waals surface area contributed by atoms with Crippen LogP contribution in [0.25, 0.3) is 0 Å². The number of pyridine rings is 1. The maximum Gasteiger partial charge on any atom is 0.125 e. The Kier molecular flexibility index (Phi) is 4.37. The molecule has 2 heterocycles. The number of nitrogens with one attached hydrogen (secondary N) is 1. The van der Waals surface area contributed by atoms with Crippen molar-refractivity contribution in [3.05, 3.63) is 24.0 Å². The van der Waals surface area contributed by atoms with E-state index in [4.69, 9.17) is 11.1 Å². The van der Waals surface area contributed by atoms with Gasteiger partial charge >= 0.3 is 0 Å². The van der Waals surface area contributed by atoms with E-state index in [9.17, 15) is 0 Å². The highest BCUT2D eigenvalue weighted by atomic mass is 15.3. The quantitative estimate of drug-likeness (QED) is 0.630. The molecule has 2 rings (SSSR count). The average molecular weight is 261 g/mol. The molecule has 0 radical (unpaired) electrons. The Balaban J connectivity index is 2.04. The first-order valence-corrected chi connectivity index (χ1v) is 6.83. The van der Waals surface area contributed by atoms with Crippen molar-refractivity contribution in [2.75, 3.05) is 37.6 Å². The zero-order chi connectivity index (χ0) is 13.8. The van der Waals surface area contributed by atoms with Crippen LogP contribution >= 0.6 is 0 Å². The molecule has 1 aromatic heterocycles. The van der Waals surface area contributed by atoms with Gasteiger partial charge in [0.1, 0.15) is 5.84 Å². The highest BCUT2D eigenvalue weighted by Gasteiger charge is 2.20. The number of amidine groups is 1. The van der Waals surface area contributed by atoms with Crippen molar-refractivity contribution in [2.45, 2.75) is 13.8 Å². The van der Waals surface area contributed by atoms with Gasteiger partial charge in [0.05, 0.1) is 11.9 Å². The topological polar surface area (TPSA) is 69.2 Å². The molecule has 0 aliphatic carbocycles. The van der Waals surface area contributed by atoms with Crippen LogP contribution in [0.15, 0.2) is 18.5 Å². The molecule has 5 heteroatoms. The summed E-state index contributed by atoms with van der Waals surface area (Å²) < 4.78 is 0. The summed E-state index contributed by atoms with van der Waals surface area (Å²) in [5, 5.41) is 7.64. The molecule has 1 aromatic rings. The first-order chi connectivity index (χ1) is 9.08. The highest BCUT2D eigenvalue weighted by molar-refractivity contribution is 6.00. The summed E-state index contributed by atoms with van der Waals surface area (Å²) >= 11 is 0. The van der Waals surface area contributed by atoms with Crippen molar-refractivity contribution >= 4 is 11.5 Å². The third kappa shape index (κ3) is 3.44. The summed E-state index contributed by atoms with van der Waals surface area (Å²) in [6, 6.07) is 1.82. The predicted molar refractivity (Wildman–Crippen MR) is 78.7 cm³/mol. The van der Waals surface area contributed by atoms with Gasteiger partial charge in [-0.2, -0.15) is 0 Å². The van der Waals surface area contributed by atoms with Crippen LogP contribution in [-0.2, 0) is 0 Å². The van der Waals surface area contributed by atoms with E-state index < -0.39 is 0 Å². The fourth-order valence-electron chi connectivity index (χ4n) is 2.55. The van der Waals surface area contributed by atoms with E-state index in [1.807, 2.05) is 12.3 Å². The monoisotopic (exact) mass is 261 g/mol. The Hall–Kier alpha value is -1.62. The molecule has 0 atom stereocenters. The molecule has 0 saturated carbocycles. The van der Waals surface area contributed by atoms with E-state index in [1.54, 1.807) is 6.20 Å². The summed E-state index contributed by atoms with van der Waals surface area (Å²) in [5.74, 6) is 0.819. The van der Waals surface area contributed by atoms with Crippen molar-refractivity contribution < 1.29 is 0 Å². The van der Waals surface area contributed by atoms with E-state index in [0.29, 0.717) is 5.92 Å². The van der Waals surface area contributed by atoms with Gasteiger partial charge in [0.25, 0.3) is 0 Å². The number of nitrogen functional groups attached to an aromatic ring is 1. The highest BCUT2D eigenvalue weighted by Crippen LogP contribution is 2.20. The molecule has 0 bridgehead atoms. The number of nitrogens with two attached hydrogens (primary N) is 1. The largest absolute Gasteiger partial charge is 0.384 e. The number of hydrogen-bond donors (Lipinski definition) is 2. The van der Waals surface area contributed by atoms with Crippen LogP contribution in [0.5, 0.6) is 0 Å². The van der Waals surface area contributed by atoms with Crippen molar-refractivity contribution in [3.8, 4) is 0 Å². The van der Waals surface area contributed by atoms with Gasteiger partial charge in [-0.25, -0.2) is 0 Å². The van der Waals surface area contributed by atoms with Crippen molar-refractivity contribution in [2.24, 2.45) is 11.7 Å². The Labute approximate surface area is 114 Å². The van der Waals surface area contributed by atoms with E-state index in [1.165, 1.54) is 0 Å². The molecule has 1 fully saturated rings. The minimum Gasteiger partial charge on any atom is -0.384 e. The van der Waals surface area contributed by atoms with Crippen molar-refractivity contribution in [3.63, 3.8) is 0 Å². The number of nitrogens with zero attached hydrogens (tertiary/aromatic N) is 3. The van der Waals surface area contributed by atoms with Crippen LogP contribution in [0, 0.1) is 11.3 Å². The van der Waals surface area contributed by atoms with Crippen LogP contribution in [0.2, 0.25) is 0 Å². The van der Waals surface area contributed by atoms with Gasteiger partial charge in [0, 0.05) is 44.5 Å². The van der Waals surface area contributed by atoms with Gasteiger partial charge in [0.15, 0.2) is 0 Å². The number of anilines is 1. The van der Waals surface area contributed by atoms with Gasteiger partial charge in [-0.15, -0.1) is 0 Å². The van der Waals surface area contributed by atoms with Crippen LogP contribution < -0.4 is 10.6 Å². The lowest BCUT2D eigenvalue weighted by molar-refractivity contribution is 0.231. The first-order valence-electron chi connectivity index (χ1n) is 6.83. The maximum atomic E-state index is 7.64. The van der Waals surface area contributed by atoms with Crippen LogP contribution in [0.3, 0.4) is 0 Å². The van der Waals surface area contributed by atoms with Gasteiger partial charge in [0.2, 0.25) is 0 Å². The van der Waals surface area contributed by atoms with Gasteiger partial charge in [-0.05, 0) is 12.0 Å². The lowest BCUT2D eigenvalue weighted by Gasteiger charge is -2.37. The molecule has 0 spiro atoms. The lowest BCUT2D eigenvalue weighted by Crippen LogP contribution is -2.48. The third-order valence-corrected chi connectivity index (χ3v) is 3.43. The second-order valence-corrected chi connectivity index (χ2v) is 5.49. The summed E-state index contributed by atoms with van der Waals surface area (Å²) in [7, 11) is 0. The summed E-state index contributed by atoms with van der Waals surface area (Å²) in [6.07, 6.45) is 3.50. The average Bonchev–Trinajstić information content (AvgIpc) is 2.39. The second kappa shape index (κ2) is 6.02. The summed E-state index contributed by atoms with van der Waals surface area (Å²) in [5.41, 5.74) is 7.40. The SMILES string of the molecule is CC(C)CN1CCN(c2cnccc2C(=N)N)CC1. The zero-order valence-corrected chi connectivity index (χ0v) is 11.8. The number of hydrogen-bond acceptors (Lipinski definition) is 4. The minimum atomic E-state index is 0.113. The normalized spacial score (nSPS) is 16.9. The molecule has 0 aromatic carbocycles. The van der Waals surface area contributed by atoms with Gasteiger partial charge in [-0.1, -0.05) is 13.8 Å². The number of aromatic nitrogens is 1. The molecule has 1 saturated heterocycles. The van der Waals surface area contributed by atoms with E-state index in [2.05, 4.69) is 28.6 Å². The third-order valence-electron chi connectivity index (χ3n) is 3.43. The fraction of sp³-hybridized carbons (Fsp3) is 0.571. The molecule has 1 aliphatic rings. The van der Waals surface area contributed by atoms with Gasteiger partial charge < -0.3 is 10.6 Å². The lowest BCUT2D eigenvalue weighted by atomic mass is 10.1. The van der Waals surface area contributed by atoms with Crippen LogP contribution in [0.4, 0.5) is 5.69 Å². The molecule has 19 heavy (non-hydrogen) atoms. The molecule has 5 nitrogen and oxygen atoms in total. The predicted octanol–water partition coefficient (Wildman–Crippen LogP) is 1.14. The Morgan fingerprint density at radius 2 is 2.05 bits per heavy atom. The number of rotatable bonds is 4. The standard InChI is InChI=1S/C14H23N5/c1-11(2)10-18-5-7-19(8-6-18)13-9-17-4-3-12(13)14(15)16/h3-4,9,11H,5-8,10H2,1-2H3,(H3,15,16). The Morgan fingerprint density at radius 1 is 1.37 bits per heavy atom. The molecular formula is C14H23N5. The van der Waals surface area contributed by atoms with Crippen molar-refractivity contribution in [1.29, 1.82) is 5.41 Å². The van der Waals surface area contributed by atoms with E-state index in [-0.39, 0.29) is 5.84 Å². The number of piperazine rings is 1. The van der Waals surface area contributed by atoms with E-state index >= 15 is 0 Å². The Morgan fingerprint density at radius 3 is 2.63 bits per heavy atom. The molecule has 0 amide bonds. The smallest absolute Gasteiger partial charge is 0.125 e. The summed E-state index contributed by atoms with van der Waals surface area (Å²) in [6.45, 7) is 9.72. The van der Waals surface area contributed by atoms with Crippen LogP contribution in [-0.4, -0.2) is 48.4 Å². The minimum absolute atomic E-state index is 0.113. The molecule has 104 valence electrons. The van der Waals surface area contributed by atoms with Gasteiger partial charge in [-0.3, -0.25) is 15.3 Å². The van der Waals surface area contributed by atoms with Crippen LogP contribution in [0.1, 0.15) is 19.4 Å².